The van der Waals surface area contributed by atoms with Crippen molar-refractivity contribution >= 4 is 17.5 Å². The fourth-order valence-electron chi connectivity index (χ4n) is 2.86. The largest absolute Gasteiger partial charge is 0.377 e. The van der Waals surface area contributed by atoms with Gasteiger partial charge < -0.3 is 9.64 Å². The van der Waals surface area contributed by atoms with Crippen molar-refractivity contribution in [1.29, 1.82) is 0 Å². The number of carbonyl (C=O) groups is 1. The highest BCUT2D eigenvalue weighted by Gasteiger charge is 2.27. The van der Waals surface area contributed by atoms with Crippen LogP contribution in [0.3, 0.4) is 0 Å². The highest BCUT2D eigenvalue weighted by Crippen LogP contribution is 2.31. The maximum Gasteiger partial charge on any atom is 0.246 e. The van der Waals surface area contributed by atoms with Gasteiger partial charge in [-0.2, -0.15) is 0 Å². The first kappa shape index (κ1) is 15.8. The molecule has 0 unspecified atom stereocenters. The Morgan fingerprint density at radius 3 is 2.74 bits per heavy atom. The number of rotatable bonds is 3. The van der Waals surface area contributed by atoms with Crippen LogP contribution in [0.4, 0.5) is 0 Å². The predicted molar refractivity (Wildman–Crippen MR) is 92.4 cm³/mol. The minimum Gasteiger partial charge on any atom is -0.377 e. The molecule has 1 aliphatic heterocycles. The van der Waals surface area contributed by atoms with Crippen LogP contribution in [0.1, 0.15) is 11.6 Å². The topological polar surface area (TPSA) is 29.5 Å². The van der Waals surface area contributed by atoms with Crippen LogP contribution in [-0.4, -0.2) is 30.6 Å². The van der Waals surface area contributed by atoms with Gasteiger partial charge >= 0.3 is 0 Å². The van der Waals surface area contributed by atoms with Gasteiger partial charge in [0.05, 0.1) is 19.3 Å². The SMILES string of the molecule is C=CC(=O)N1CCOC[C@H]1c1cc(Cl)cc(-c2ccccc2)c1. The molecule has 0 aromatic heterocycles. The van der Waals surface area contributed by atoms with E-state index in [1.807, 2.05) is 42.5 Å². The highest BCUT2D eigenvalue weighted by atomic mass is 35.5. The summed E-state index contributed by atoms with van der Waals surface area (Å²) in [6, 6.07) is 15.8. The molecule has 2 aromatic carbocycles. The number of hydrogen-bond donors (Lipinski definition) is 0. The number of halogens is 1. The van der Waals surface area contributed by atoms with Gasteiger partial charge in [-0.25, -0.2) is 0 Å². The third-order valence-electron chi connectivity index (χ3n) is 4.00. The van der Waals surface area contributed by atoms with E-state index in [1.54, 1.807) is 4.90 Å². The number of carbonyl (C=O) groups excluding carboxylic acids is 1. The molecule has 118 valence electrons. The number of amides is 1. The van der Waals surface area contributed by atoms with E-state index >= 15 is 0 Å². The molecule has 0 radical (unpaired) electrons. The maximum absolute atomic E-state index is 12.1. The zero-order valence-corrected chi connectivity index (χ0v) is 13.5. The molecule has 3 nitrogen and oxygen atoms in total. The van der Waals surface area contributed by atoms with Gasteiger partial charge in [-0.15, -0.1) is 0 Å². The van der Waals surface area contributed by atoms with E-state index in [1.165, 1.54) is 6.08 Å². The molecule has 1 aliphatic rings. The van der Waals surface area contributed by atoms with Crippen LogP contribution < -0.4 is 0 Å². The van der Waals surface area contributed by atoms with Crippen molar-refractivity contribution in [3.05, 3.63) is 71.8 Å². The fraction of sp³-hybridized carbons (Fsp3) is 0.211. The van der Waals surface area contributed by atoms with Gasteiger partial charge in [0.2, 0.25) is 5.91 Å². The fourth-order valence-corrected chi connectivity index (χ4v) is 3.11. The Hall–Kier alpha value is -2.10. The molecule has 1 amide bonds. The quantitative estimate of drug-likeness (QED) is 0.795. The van der Waals surface area contributed by atoms with Gasteiger partial charge in [0.15, 0.2) is 0 Å². The van der Waals surface area contributed by atoms with Gasteiger partial charge in [-0.3, -0.25) is 4.79 Å². The molecule has 1 atom stereocenters. The average Bonchev–Trinajstić information content (AvgIpc) is 2.61. The van der Waals surface area contributed by atoms with E-state index in [2.05, 4.69) is 12.6 Å². The summed E-state index contributed by atoms with van der Waals surface area (Å²) < 4.78 is 5.58. The summed E-state index contributed by atoms with van der Waals surface area (Å²) in [5, 5.41) is 0.651. The lowest BCUT2D eigenvalue weighted by Crippen LogP contribution is -2.42. The molecule has 0 N–H and O–H groups in total. The Morgan fingerprint density at radius 1 is 1.22 bits per heavy atom. The smallest absolute Gasteiger partial charge is 0.246 e. The lowest BCUT2D eigenvalue weighted by Gasteiger charge is -2.35. The summed E-state index contributed by atoms with van der Waals surface area (Å²) in [4.78, 5) is 13.9. The Labute approximate surface area is 141 Å². The zero-order chi connectivity index (χ0) is 16.2. The van der Waals surface area contributed by atoms with E-state index in [-0.39, 0.29) is 11.9 Å². The molecule has 0 spiro atoms. The van der Waals surface area contributed by atoms with Gasteiger partial charge in [0.1, 0.15) is 0 Å². The van der Waals surface area contributed by atoms with E-state index in [9.17, 15) is 4.79 Å². The number of hydrogen-bond acceptors (Lipinski definition) is 2. The van der Waals surface area contributed by atoms with Crippen molar-refractivity contribution in [2.45, 2.75) is 6.04 Å². The summed E-state index contributed by atoms with van der Waals surface area (Å²) in [7, 11) is 0. The van der Waals surface area contributed by atoms with Crippen molar-refractivity contribution in [3.8, 4) is 11.1 Å². The zero-order valence-electron chi connectivity index (χ0n) is 12.7. The third-order valence-corrected chi connectivity index (χ3v) is 4.22. The average molecular weight is 328 g/mol. The molecular weight excluding hydrogens is 310 g/mol. The van der Waals surface area contributed by atoms with Gasteiger partial charge in [-0.05, 0) is 41.0 Å². The van der Waals surface area contributed by atoms with Gasteiger partial charge in [-0.1, -0.05) is 48.5 Å². The second-order valence-corrected chi connectivity index (χ2v) is 5.90. The molecule has 1 saturated heterocycles. The molecule has 0 aliphatic carbocycles. The first-order valence-corrected chi connectivity index (χ1v) is 7.93. The molecule has 1 heterocycles. The van der Waals surface area contributed by atoms with Crippen LogP contribution >= 0.6 is 11.6 Å². The Kier molecular flexibility index (Phi) is 4.79. The van der Waals surface area contributed by atoms with Crippen molar-refractivity contribution in [2.24, 2.45) is 0 Å². The van der Waals surface area contributed by atoms with E-state index < -0.39 is 0 Å². The Balaban J connectivity index is 2.00. The molecule has 0 bridgehead atoms. The number of ether oxygens (including phenoxy) is 1. The van der Waals surface area contributed by atoms with Crippen LogP contribution in [-0.2, 0) is 9.53 Å². The van der Waals surface area contributed by atoms with Crippen molar-refractivity contribution in [3.63, 3.8) is 0 Å². The minimum absolute atomic E-state index is 0.0838. The molecule has 1 fully saturated rings. The van der Waals surface area contributed by atoms with E-state index in [0.717, 1.165) is 16.7 Å². The maximum atomic E-state index is 12.1. The lowest BCUT2D eigenvalue weighted by atomic mass is 9.98. The Bertz CT molecular complexity index is 715. The summed E-state index contributed by atoms with van der Waals surface area (Å²) >= 11 is 6.32. The minimum atomic E-state index is -0.143. The normalized spacial score (nSPS) is 17.8. The summed E-state index contributed by atoms with van der Waals surface area (Å²) in [6.45, 7) is 5.16. The van der Waals surface area contributed by atoms with Crippen molar-refractivity contribution < 1.29 is 9.53 Å². The Morgan fingerprint density at radius 2 is 2.00 bits per heavy atom. The standard InChI is InChI=1S/C19H18ClNO2/c1-2-19(22)21-8-9-23-13-18(21)16-10-15(11-17(20)12-16)14-6-4-3-5-7-14/h2-7,10-12,18H,1,8-9,13H2/t18-/m0/s1. The van der Waals surface area contributed by atoms with Crippen LogP contribution in [0.2, 0.25) is 5.02 Å². The number of nitrogens with zero attached hydrogens (tertiary/aromatic N) is 1. The molecule has 4 heteroatoms. The second kappa shape index (κ2) is 6.99. The highest BCUT2D eigenvalue weighted by molar-refractivity contribution is 6.31. The van der Waals surface area contributed by atoms with Crippen LogP contribution in [0, 0.1) is 0 Å². The molecular formula is C19H18ClNO2. The molecule has 3 rings (SSSR count). The van der Waals surface area contributed by atoms with Gasteiger partial charge in [0.25, 0.3) is 0 Å². The first-order valence-electron chi connectivity index (χ1n) is 7.56. The molecule has 23 heavy (non-hydrogen) atoms. The third kappa shape index (κ3) is 3.46. The van der Waals surface area contributed by atoms with E-state index in [4.69, 9.17) is 16.3 Å². The second-order valence-electron chi connectivity index (χ2n) is 5.47. The van der Waals surface area contributed by atoms with Crippen LogP contribution in [0.15, 0.2) is 61.2 Å². The lowest BCUT2D eigenvalue weighted by molar-refractivity contribution is -0.134. The van der Waals surface area contributed by atoms with Crippen LogP contribution in [0.5, 0.6) is 0 Å². The van der Waals surface area contributed by atoms with E-state index in [0.29, 0.717) is 24.8 Å². The van der Waals surface area contributed by atoms with Crippen LogP contribution in [0.25, 0.3) is 11.1 Å². The number of benzene rings is 2. The predicted octanol–water partition coefficient (Wildman–Crippen LogP) is 4.09. The van der Waals surface area contributed by atoms with Gasteiger partial charge in [0, 0.05) is 11.6 Å². The summed E-state index contributed by atoms with van der Waals surface area (Å²) in [6.07, 6.45) is 1.35. The summed E-state index contributed by atoms with van der Waals surface area (Å²) in [5.41, 5.74) is 3.10. The number of morpholine rings is 1. The molecule has 0 saturated carbocycles. The monoisotopic (exact) mass is 327 g/mol. The van der Waals surface area contributed by atoms with Crippen molar-refractivity contribution in [1.82, 2.24) is 4.90 Å². The summed E-state index contributed by atoms with van der Waals surface area (Å²) in [5.74, 6) is -0.0838. The first-order chi connectivity index (χ1) is 11.2. The molecule has 2 aromatic rings. The van der Waals surface area contributed by atoms with Crippen molar-refractivity contribution in [2.75, 3.05) is 19.8 Å².